The number of oxazole rings is 1. The fraction of sp³-hybridized carbons (Fsp3) is 0.300. The summed E-state index contributed by atoms with van der Waals surface area (Å²) in [6.07, 6.45) is 2.31. The first-order valence-electron chi connectivity index (χ1n) is 8.52. The second kappa shape index (κ2) is 6.48. The monoisotopic (exact) mass is 352 g/mol. The average molecular weight is 352 g/mol. The lowest BCUT2D eigenvalue weighted by Crippen LogP contribution is -2.36. The molecular formula is C20H20N2O2S. The van der Waals surface area contributed by atoms with Gasteiger partial charge in [-0.25, -0.2) is 4.98 Å². The van der Waals surface area contributed by atoms with E-state index in [0.29, 0.717) is 5.89 Å². The number of hydrogen-bond acceptors (Lipinski definition) is 4. The van der Waals surface area contributed by atoms with Crippen molar-refractivity contribution in [3.8, 4) is 10.8 Å². The molecule has 1 aliphatic heterocycles. The zero-order valence-electron chi connectivity index (χ0n) is 14.4. The van der Waals surface area contributed by atoms with Gasteiger partial charge in [-0.2, -0.15) is 0 Å². The SMILES string of the molecule is Cc1ccc2c(c1)CCCN2C(=O)Cc1nc(-c2cccs2)oc1C. The van der Waals surface area contributed by atoms with Gasteiger partial charge in [0.2, 0.25) is 11.8 Å². The molecule has 1 aromatic carbocycles. The minimum absolute atomic E-state index is 0.0823. The summed E-state index contributed by atoms with van der Waals surface area (Å²) in [5.74, 6) is 1.40. The van der Waals surface area contributed by atoms with Crippen LogP contribution in [0.2, 0.25) is 0 Å². The summed E-state index contributed by atoms with van der Waals surface area (Å²) in [6.45, 7) is 4.73. The lowest BCUT2D eigenvalue weighted by Gasteiger charge is -2.29. The molecule has 1 aliphatic rings. The molecule has 5 heteroatoms. The lowest BCUT2D eigenvalue weighted by atomic mass is 9.99. The van der Waals surface area contributed by atoms with Crippen molar-refractivity contribution < 1.29 is 9.21 Å². The van der Waals surface area contributed by atoms with E-state index in [-0.39, 0.29) is 12.3 Å². The van der Waals surface area contributed by atoms with Crippen molar-refractivity contribution in [3.05, 3.63) is 58.3 Å². The van der Waals surface area contributed by atoms with Crippen LogP contribution in [0.3, 0.4) is 0 Å². The summed E-state index contributed by atoms with van der Waals surface area (Å²) in [5.41, 5.74) is 4.27. The first-order chi connectivity index (χ1) is 12.1. The number of carbonyl (C=O) groups is 1. The first kappa shape index (κ1) is 16.1. The molecule has 128 valence electrons. The van der Waals surface area contributed by atoms with E-state index in [1.807, 2.05) is 29.3 Å². The van der Waals surface area contributed by atoms with Gasteiger partial charge in [0.1, 0.15) is 5.76 Å². The largest absolute Gasteiger partial charge is 0.440 e. The molecule has 0 saturated carbocycles. The van der Waals surface area contributed by atoms with Crippen LogP contribution in [0.4, 0.5) is 5.69 Å². The van der Waals surface area contributed by atoms with Crippen LogP contribution >= 0.6 is 11.3 Å². The molecule has 0 radical (unpaired) electrons. The minimum atomic E-state index is 0.0823. The number of carbonyl (C=O) groups excluding carboxylic acids is 1. The fourth-order valence-corrected chi connectivity index (χ4v) is 3.97. The maximum atomic E-state index is 12.9. The topological polar surface area (TPSA) is 46.3 Å². The van der Waals surface area contributed by atoms with Crippen molar-refractivity contribution in [1.29, 1.82) is 0 Å². The molecule has 1 amide bonds. The Bertz CT molecular complexity index is 912. The molecule has 0 spiro atoms. The quantitative estimate of drug-likeness (QED) is 0.695. The van der Waals surface area contributed by atoms with Crippen LogP contribution in [0.1, 0.15) is 29.0 Å². The molecule has 0 N–H and O–H groups in total. The van der Waals surface area contributed by atoms with Crippen molar-refractivity contribution in [2.24, 2.45) is 0 Å². The third-order valence-electron chi connectivity index (χ3n) is 4.60. The Morgan fingerprint density at radius 3 is 3.00 bits per heavy atom. The lowest BCUT2D eigenvalue weighted by molar-refractivity contribution is -0.118. The molecule has 4 nitrogen and oxygen atoms in total. The maximum absolute atomic E-state index is 12.9. The molecule has 0 bridgehead atoms. The normalized spacial score (nSPS) is 13.8. The molecular weight excluding hydrogens is 332 g/mol. The highest BCUT2D eigenvalue weighted by atomic mass is 32.1. The van der Waals surface area contributed by atoms with E-state index >= 15 is 0 Å². The van der Waals surface area contributed by atoms with E-state index in [0.717, 1.165) is 41.4 Å². The number of thiophene rings is 1. The summed E-state index contributed by atoms with van der Waals surface area (Å²) in [4.78, 5) is 20.4. The predicted octanol–water partition coefficient (Wildman–Crippen LogP) is 4.54. The Kier molecular flexibility index (Phi) is 4.17. The van der Waals surface area contributed by atoms with Gasteiger partial charge in [0.15, 0.2) is 0 Å². The number of benzene rings is 1. The van der Waals surface area contributed by atoms with Crippen molar-refractivity contribution in [1.82, 2.24) is 4.98 Å². The van der Waals surface area contributed by atoms with E-state index in [1.165, 1.54) is 11.1 Å². The van der Waals surface area contributed by atoms with Crippen LogP contribution in [-0.4, -0.2) is 17.4 Å². The first-order valence-corrected chi connectivity index (χ1v) is 9.40. The van der Waals surface area contributed by atoms with Crippen LogP contribution in [-0.2, 0) is 17.6 Å². The number of fused-ring (bicyclic) bond motifs is 1. The zero-order valence-corrected chi connectivity index (χ0v) is 15.2. The van der Waals surface area contributed by atoms with Crippen LogP contribution in [0.15, 0.2) is 40.1 Å². The van der Waals surface area contributed by atoms with Gasteiger partial charge in [0.05, 0.1) is 17.0 Å². The molecule has 0 unspecified atom stereocenters. The summed E-state index contributed by atoms with van der Waals surface area (Å²) >= 11 is 1.59. The number of hydrogen-bond donors (Lipinski definition) is 0. The van der Waals surface area contributed by atoms with E-state index in [2.05, 4.69) is 30.1 Å². The molecule has 4 rings (SSSR count). The zero-order chi connectivity index (χ0) is 17.4. The van der Waals surface area contributed by atoms with Gasteiger partial charge in [0, 0.05) is 12.2 Å². The Hall–Kier alpha value is -2.40. The maximum Gasteiger partial charge on any atom is 0.236 e. The van der Waals surface area contributed by atoms with E-state index in [1.54, 1.807) is 11.3 Å². The number of aromatic nitrogens is 1. The van der Waals surface area contributed by atoms with Gasteiger partial charge in [-0.1, -0.05) is 23.8 Å². The Balaban J connectivity index is 1.58. The Morgan fingerprint density at radius 2 is 2.20 bits per heavy atom. The van der Waals surface area contributed by atoms with Crippen molar-refractivity contribution in [2.45, 2.75) is 33.1 Å². The predicted molar refractivity (Wildman–Crippen MR) is 100 cm³/mol. The highest BCUT2D eigenvalue weighted by Crippen LogP contribution is 2.30. The highest BCUT2D eigenvalue weighted by Gasteiger charge is 2.24. The molecule has 0 fully saturated rings. The van der Waals surface area contributed by atoms with Gasteiger partial charge >= 0.3 is 0 Å². The number of anilines is 1. The van der Waals surface area contributed by atoms with Gasteiger partial charge in [-0.05, 0) is 49.8 Å². The molecule has 3 aromatic rings. The minimum Gasteiger partial charge on any atom is -0.440 e. The summed E-state index contributed by atoms with van der Waals surface area (Å²) in [7, 11) is 0. The number of amides is 1. The van der Waals surface area contributed by atoms with Gasteiger partial charge in [0.25, 0.3) is 0 Å². The van der Waals surface area contributed by atoms with Crippen molar-refractivity contribution in [3.63, 3.8) is 0 Å². The average Bonchev–Trinajstić information content (AvgIpc) is 3.24. The molecule has 0 saturated heterocycles. The van der Waals surface area contributed by atoms with Crippen molar-refractivity contribution >= 4 is 22.9 Å². The third kappa shape index (κ3) is 3.12. The van der Waals surface area contributed by atoms with E-state index in [4.69, 9.17) is 4.42 Å². The van der Waals surface area contributed by atoms with E-state index in [9.17, 15) is 4.79 Å². The number of rotatable bonds is 3. The molecule has 3 heterocycles. The highest BCUT2D eigenvalue weighted by molar-refractivity contribution is 7.13. The molecule has 0 atom stereocenters. The molecule has 0 aliphatic carbocycles. The van der Waals surface area contributed by atoms with Crippen LogP contribution in [0, 0.1) is 13.8 Å². The van der Waals surface area contributed by atoms with Gasteiger partial charge in [-0.15, -0.1) is 11.3 Å². The Labute approximate surface area is 151 Å². The van der Waals surface area contributed by atoms with Crippen LogP contribution < -0.4 is 4.90 Å². The molecule has 25 heavy (non-hydrogen) atoms. The third-order valence-corrected chi connectivity index (χ3v) is 5.46. The van der Waals surface area contributed by atoms with Gasteiger partial charge < -0.3 is 9.32 Å². The Morgan fingerprint density at radius 1 is 1.32 bits per heavy atom. The van der Waals surface area contributed by atoms with E-state index < -0.39 is 0 Å². The second-order valence-electron chi connectivity index (χ2n) is 6.46. The van der Waals surface area contributed by atoms with Crippen LogP contribution in [0.5, 0.6) is 0 Å². The second-order valence-corrected chi connectivity index (χ2v) is 7.40. The number of aryl methyl sites for hydroxylation is 3. The summed E-state index contributed by atoms with van der Waals surface area (Å²) < 4.78 is 5.76. The standard InChI is InChI=1S/C20H20N2O2S/c1-13-7-8-17-15(11-13)5-3-9-22(17)19(23)12-16-14(2)24-20(21-16)18-6-4-10-25-18/h4,6-8,10-11H,3,5,9,12H2,1-2H3. The molecule has 2 aromatic heterocycles. The van der Waals surface area contributed by atoms with Crippen molar-refractivity contribution in [2.75, 3.05) is 11.4 Å². The smallest absolute Gasteiger partial charge is 0.236 e. The summed E-state index contributed by atoms with van der Waals surface area (Å²) in [5, 5.41) is 1.99. The summed E-state index contributed by atoms with van der Waals surface area (Å²) in [6, 6.07) is 10.3. The number of nitrogens with zero attached hydrogens (tertiary/aromatic N) is 2. The van der Waals surface area contributed by atoms with Gasteiger partial charge in [-0.3, -0.25) is 4.79 Å². The fourth-order valence-electron chi connectivity index (χ4n) is 3.32. The van der Waals surface area contributed by atoms with Crippen LogP contribution in [0.25, 0.3) is 10.8 Å².